The van der Waals surface area contributed by atoms with Crippen LogP contribution in [0.15, 0.2) is 104 Å². The van der Waals surface area contributed by atoms with Crippen LogP contribution in [0, 0.1) is 20.2 Å². The number of hydrogen-bond donors (Lipinski definition) is 0. The predicted molar refractivity (Wildman–Crippen MR) is 137 cm³/mol. The number of para-hydroxylation sites is 2. The van der Waals surface area contributed by atoms with E-state index in [2.05, 4.69) is 31.9 Å². The minimum atomic E-state index is -0.440. The van der Waals surface area contributed by atoms with Crippen LogP contribution in [-0.2, 0) is 0 Å². The molecule has 0 bridgehead atoms. The quantitative estimate of drug-likeness (QED) is 0.167. The summed E-state index contributed by atoms with van der Waals surface area (Å²) in [5, 5.41) is 24.1. The first-order valence-electron chi connectivity index (χ1n) is 9.59. The molecule has 0 radical (unpaired) electrons. The molecule has 0 fully saturated rings. The van der Waals surface area contributed by atoms with Gasteiger partial charge in [0, 0.05) is 8.95 Å². The Balaban J connectivity index is 1.84. The molecule has 9 heteroatoms. The molecular weight excluding hydrogens is 572 g/mol. The SMILES string of the molecule is O=[N+]([O-])c1c(Sc2cccc(-c3ccc(Br)cc3)c2[N+](=O)[O-])cccc1-c1ccc(Br)cc1. The molecule has 0 N–H and O–H groups in total. The summed E-state index contributed by atoms with van der Waals surface area (Å²) in [4.78, 5) is 23.9. The first-order valence-corrected chi connectivity index (χ1v) is 12.0. The fourth-order valence-corrected chi connectivity index (χ4v) is 5.05. The van der Waals surface area contributed by atoms with E-state index in [1.807, 2.05) is 24.3 Å². The van der Waals surface area contributed by atoms with Gasteiger partial charge in [0.2, 0.25) is 0 Å². The van der Waals surface area contributed by atoms with Crippen LogP contribution < -0.4 is 0 Å². The molecule has 0 saturated heterocycles. The van der Waals surface area contributed by atoms with Crippen molar-refractivity contribution >= 4 is 55.0 Å². The molecule has 0 aliphatic heterocycles. The normalized spacial score (nSPS) is 10.7. The molecule has 0 spiro atoms. The molecule has 0 saturated carbocycles. The standard InChI is InChI=1S/C24H14Br2N2O4S/c25-17-11-7-15(8-12-17)19-3-1-5-21(23(19)27(29)30)33-22-6-2-4-20(24(22)28(31)32)16-9-13-18(26)14-10-16/h1-14H. The number of hydrogen-bond acceptors (Lipinski definition) is 5. The zero-order chi connectivity index (χ0) is 23.5. The van der Waals surface area contributed by atoms with Gasteiger partial charge in [0.05, 0.1) is 30.8 Å². The number of rotatable bonds is 6. The van der Waals surface area contributed by atoms with Gasteiger partial charge in [-0.1, -0.05) is 80.0 Å². The van der Waals surface area contributed by atoms with Gasteiger partial charge in [-0.3, -0.25) is 20.2 Å². The maximum absolute atomic E-state index is 12.1. The second-order valence-electron chi connectivity index (χ2n) is 6.93. The summed E-state index contributed by atoms with van der Waals surface area (Å²) in [6.45, 7) is 0. The van der Waals surface area contributed by atoms with Crippen LogP contribution in [0.5, 0.6) is 0 Å². The minimum Gasteiger partial charge on any atom is -0.258 e. The van der Waals surface area contributed by atoms with Crippen LogP contribution >= 0.6 is 43.6 Å². The maximum Gasteiger partial charge on any atom is 0.290 e. The van der Waals surface area contributed by atoms with Gasteiger partial charge in [-0.25, -0.2) is 0 Å². The van der Waals surface area contributed by atoms with Crippen LogP contribution in [0.3, 0.4) is 0 Å². The fourth-order valence-electron chi connectivity index (χ4n) is 3.43. The van der Waals surface area contributed by atoms with E-state index in [1.165, 1.54) is 0 Å². The Bertz CT molecular complexity index is 1260. The van der Waals surface area contributed by atoms with E-state index in [0.29, 0.717) is 32.0 Å². The lowest BCUT2D eigenvalue weighted by Crippen LogP contribution is -1.97. The molecule has 0 heterocycles. The first-order chi connectivity index (χ1) is 15.8. The molecule has 0 aromatic heterocycles. The molecule has 4 aromatic carbocycles. The summed E-state index contributed by atoms with van der Waals surface area (Å²) in [6, 6.07) is 24.4. The monoisotopic (exact) mass is 584 g/mol. The highest BCUT2D eigenvalue weighted by Gasteiger charge is 2.26. The molecule has 0 aliphatic carbocycles. The van der Waals surface area contributed by atoms with Crippen molar-refractivity contribution in [1.82, 2.24) is 0 Å². The molecular formula is C24H14Br2N2O4S. The van der Waals surface area contributed by atoms with Gasteiger partial charge in [-0.05, 0) is 59.7 Å². The highest BCUT2D eigenvalue weighted by Crippen LogP contribution is 2.46. The third-order valence-electron chi connectivity index (χ3n) is 4.89. The van der Waals surface area contributed by atoms with Crippen molar-refractivity contribution in [1.29, 1.82) is 0 Å². The smallest absolute Gasteiger partial charge is 0.258 e. The van der Waals surface area contributed by atoms with E-state index in [9.17, 15) is 20.2 Å². The first kappa shape index (κ1) is 23.2. The highest BCUT2D eigenvalue weighted by atomic mass is 79.9. The number of nitro benzene ring substituents is 2. The third-order valence-corrected chi connectivity index (χ3v) is 7.05. The van der Waals surface area contributed by atoms with Crippen molar-refractivity contribution < 1.29 is 9.85 Å². The highest BCUT2D eigenvalue weighted by molar-refractivity contribution is 9.10. The Morgan fingerprint density at radius 1 is 0.576 bits per heavy atom. The molecule has 0 unspecified atom stereocenters. The third kappa shape index (κ3) is 5.00. The Morgan fingerprint density at radius 3 is 1.27 bits per heavy atom. The number of nitro groups is 2. The summed E-state index contributed by atoms with van der Waals surface area (Å²) in [5.41, 5.74) is 2.09. The number of halogens is 2. The Hall–Kier alpha value is -3.01. The van der Waals surface area contributed by atoms with Crippen LogP contribution in [-0.4, -0.2) is 9.85 Å². The minimum absolute atomic E-state index is 0.0897. The van der Waals surface area contributed by atoms with Crippen LogP contribution in [0.1, 0.15) is 0 Å². The van der Waals surface area contributed by atoms with Gasteiger partial charge < -0.3 is 0 Å². The second kappa shape index (κ2) is 9.86. The summed E-state index contributed by atoms with van der Waals surface area (Å²) >= 11 is 7.76. The molecule has 33 heavy (non-hydrogen) atoms. The Morgan fingerprint density at radius 2 is 0.939 bits per heavy atom. The molecule has 0 amide bonds. The van der Waals surface area contributed by atoms with Crippen molar-refractivity contribution in [3.05, 3.63) is 114 Å². The van der Waals surface area contributed by atoms with Crippen molar-refractivity contribution in [3.8, 4) is 22.3 Å². The summed E-state index contributed by atoms with van der Waals surface area (Å²) < 4.78 is 1.72. The largest absolute Gasteiger partial charge is 0.290 e. The lowest BCUT2D eigenvalue weighted by Gasteiger charge is -2.11. The van der Waals surface area contributed by atoms with Crippen molar-refractivity contribution in [2.24, 2.45) is 0 Å². The molecule has 4 rings (SSSR count). The summed E-state index contributed by atoms with van der Waals surface area (Å²) in [6.07, 6.45) is 0. The lowest BCUT2D eigenvalue weighted by molar-refractivity contribution is -0.387. The van der Waals surface area contributed by atoms with E-state index < -0.39 is 9.85 Å². The van der Waals surface area contributed by atoms with Gasteiger partial charge in [0.25, 0.3) is 11.4 Å². The van der Waals surface area contributed by atoms with Gasteiger partial charge in [0.15, 0.2) is 0 Å². The maximum atomic E-state index is 12.1. The number of benzene rings is 4. The second-order valence-corrected chi connectivity index (χ2v) is 9.85. The average molecular weight is 586 g/mol. The van der Waals surface area contributed by atoms with Gasteiger partial charge in [0.1, 0.15) is 0 Å². The average Bonchev–Trinajstić information content (AvgIpc) is 2.79. The molecule has 6 nitrogen and oxygen atoms in total. The topological polar surface area (TPSA) is 86.3 Å². The van der Waals surface area contributed by atoms with E-state index in [4.69, 9.17) is 0 Å². The van der Waals surface area contributed by atoms with E-state index in [-0.39, 0.29) is 11.4 Å². The summed E-state index contributed by atoms with van der Waals surface area (Å²) in [7, 11) is 0. The van der Waals surface area contributed by atoms with Crippen LogP contribution in [0.4, 0.5) is 11.4 Å². The molecule has 0 aliphatic rings. The van der Waals surface area contributed by atoms with Crippen molar-refractivity contribution in [2.45, 2.75) is 9.79 Å². The predicted octanol–water partition coefficient (Wildman–Crippen LogP) is 8.51. The van der Waals surface area contributed by atoms with Gasteiger partial charge in [-0.2, -0.15) is 0 Å². The van der Waals surface area contributed by atoms with Gasteiger partial charge >= 0.3 is 0 Å². The molecule has 0 atom stereocenters. The molecule has 164 valence electrons. The van der Waals surface area contributed by atoms with Crippen LogP contribution in [0.2, 0.25) is 0 Å². The van der Waals surface area contributed by atoms with Crippen molar-refractivity contribution in [3.63, 3.8) is 0 Å². The van der Waals surface area contributed by atoms with Crippen molar-refractivity contribution in [2.75, 3.05) is 0 Å². The zero-order valence-corrected chi connectivity index (χ0v) is 20.8. The van der Waals surface area contributed by atoms with Gasteiger partial charge in [-0.15, -0.1) is 0 Å². The van der Waals surface area contributed by atoms with E-state index in [1.54, 1.807) is 60.7 Å². The zero-order valence-electron chi connectivity index (χ0n) is 16.8. The lowest BCUT2D eigenvalue weighted by atomic mass is 10.0. The van der Waals surface area contributed by atoms with E-state index >= 15 is 0 Å². The summed E-state index contributed by atoms with van der Waals surface area (Å²) in [5.74, 6) is 0. The van der Waals surface area contributed by atoms with Crippen LogP contribution in [0.25, 0.3) is 22.3 Å². The Labute approximate surface area is 210 Å². The Kier molecular flexibility index (Phi) is 6.92. The fraction of sp³-hybridized carbons (Fsp3) is 0. The molecule has 4 aromatic rings. The number of nitrogens with zero attached hydrogens (tertiary/aromatic N) is 2. The van der Waals surface area contributed by atoms with E-state index in [0.717, 1.165) is 20.7 Å².